The van der Waals surface area contributed by atoms with Gasteiger partial charge in [-0.1, -0.05) is 324 Å². The average Bonchev–Trinajstić information content (AvgIpc) is 3.47. The third-order valence-corrected chi connectivity index (χ3v) is 15.4. The molecule has 0 aromatic carbocycles. The first-order chi connectivity index (χ1) is 40.0. The number of allylic oxidation sites excluding steroid dienone is 14. The SMILES string of the molecule is CC/C=C\C/C=C\C/C=C\C/C=C\C/C=C\CCCCCCCCCCCCCCCCCC(=O)OCC(COC(=O)CCCCCCC/C=C\C/C=C\CCCCC)OC(=O)CCCCCCCCCCCCCCCCCCC. The van der Waals surface area contributed by atoms with E-state index >= 15 is 0 Å². The van der Waals surface area contributed by atoms with Gasteiger partial charge in [-0.3, -0.25) is 14.4 Å². The number of hydrogen-bond acceptors (Lipinski definition) is 6. The van der Waals surface area contributed by atoms with Crippen LogP contribution in [-0.4, -0.2) is 37.2 Å². The summed E-state index contributed by atoms with van der Waals surface area (Å²) in [7, 11) is 0. The van der Waals surface area contributed by atoms with Gasteiger partial charge in [0.2, 0.25) is 0 Å². The molecule has 0 amide bonds. The first-order valence-electron chi connectivity index (χ1n) is 35.1. The number of ether oxygens (including phenoxy) is 3. The molecule has 0 radical (unpaired) electrons. The van der Waals surface area contributed by atoms with Gasteiger partial charge in [0, 0.05) is 19.3 Å². The van der Waals surface area contributed by atoms with Gasteiger partial charge >= 0.3 is 17.9 Å². The minimum Gasteiger partial charge on any atom is -0.462 e. The van der Waals surface area contributed by atoms with Crippen LogP contribution in [0.3, 0.4) is 0 Å². The lowest BCUT2D eigenvalue weighted by Crippen LogP contribution is -2.30. The Balaban J connectivity index is 4.23. The lowest BCUT2D eigenvalue weighted by Gasteiger charge is -2.18. The summed E-state index contributed by atoms with van der Waals surface area (Å²) in [6.45, 7) is 6.54. The van der Waals surface area contributed by atoms with E-state index in [1.807, 2.05) is 0 Å². The maximum atomic E-state index is 12.9. The van der Waals surface area contributed by atoms with Crippen molar-refractivity contribution in [1.82, 2.24) is 0 Å². The Hall–Kier alpha value is -3.41. The van der Waals surface area contributed by atoms with E-state index < -0.39 is 6.10 Å². The Bertz CT molecular complexity index is 1530. The molecule has 0 fully saturated rings. The molecule has 0 spiro atoms. The molecule has 0 bridgehead atoms. The Morgan fingerprint density at radius 2 is 0.481 bits per heavy atom. The topological polar surface area (TPSA) is 78.9 Å². The van der Waals surface area contributed by atoms with E-state index in [0.29, 0.717) is 19.3 Å². The smallest absolute Gasteiger partial charge is 0.306 e. The third kappa shape index (κ3) is 67.3. The van der Waals surface area contributed by atoms with Crippen molar-refractivity contribution in [1.29, 1.82) is 0 Å². The maximum Gasteiger partial charge on any atom is 0.306 e. The second-order valence-corrected chi connectivity index (χ2v) is 23.4. The molecule has 1 unspecified atom stereocenters. The summed E-state index contributed by atoms with van der Waals surface area (Å²) >= 11 is 0. The van der Waals surface area contributed by atoms with Crippen LogP contribution in [0.4, 0.5) is 0 Å². The lowest BCUT2D eigenvalue weighted by atomic mass is 10.0. The second kappa shape index (κ2) is 69.1. The average molecular weight is 1130 g/mol. The van der Waals surface area contributed by atoms with Crippen molar-refractivity contribution in [3.8, 4) is 0 Å². The Morgan fingerprint density at radius 3 is 0.778 bits per heavy atom. The van der Waals surface area contributed by atoms with E-state index in [1.54, 1.807) is 0 Å². The summed E-state index contributed by atoms with van der Waals surface area (Å²) in [4.78, 5) is 38.4. The van der Waals surface area contributed by atoms with E-state index in [2.05, 4.69) is 106 Å². The molecule has 0 saturated heterocycles. The molecule has 1 atom stereocenters. The molecule has 81 heavy (non-hydrogen) atoms. The summed E-state index contributed by atoms with van der Waals surface area (Å²) in [6.07, 6.45) is 91.8. The number of esters is 3. The molecular weight excluding hydrogens is 997 g/mol. The molecule has 6 heteroatoms. The highest BCUT2D eigenvalue weighted by molar-refractivity contribution is 5.71. The quantitative estimate of drug-likeness (QED) is 0.0261. The standard InChI is InChI=1S/C75H132O6/c1-4-7-10-13-16-19-22-25-28-30-31-32-33-34-35-36-37-38-39-40-41-42-43-45-47-50-53-56-59-62-65-68-74(77)80-71-72(70-79-73(76)67-64-61-58-55-52-49-46-27-24-21-18-15-12-9-6-3)81-75(78)69-66-63-60-57-54-51-48-44-29-26-23-20-17-14-11-8-5-2/h7,10,16,18-19,21,25,27-28,31-32,34-35,46,72H,4-6,8-9,11-15,17,20,22-24,26,29-30,33,36-45,47-71H2,1-3H3/b10-7-,19-16-,21-18-,28-25-,32-31-,35-34-,46-27-. The van der Waals surface area contributed by atoms with Crippen LogP contribution in [0.5, 0.6) is 0 Å². The number of unbranched alkanes of at least 4 members (excludes halogenated alkanes) is 39. The highest BCUT2D eigenvalue weighted by Crippen LogP contribution is 2.18. The van der Waals surface area contributed by atoms with E-state index in [0.717, 1.165) is 109 Å². The zero-order chi connectivity index (χ0) is 58.5. The van der Waals surface area contributed by atoms with Crippen molar-refractivity contribution < 1.29 is 28.6 Å². The molecule has 0 aromatic rings. The highest BCUT2D eigenvalue weighted by Gasteiger charge is 2.19. The molecule has 468 valence electrons. The fourth-order valence-electron chi connectivity index (χ4n) is 10.2. The van der Waals surface area contributed by atoms with E-state index in [9.17, 15) is 14.4 Å². The molecular formula is C75H132O6. The fourth-order valence-corrected chi connectivity index (χ4v) is 10.2. The van der Waals surface area contributed by atoms with Crippen molar-refractivity contribution in [3.63, 3.8) is 0 Å². The van der Waals surface area contributed by atoms with Gasteiger partial charge in [0.15, 0.2) is 6.10 Å². The van der Waals surface area contributed by atoms with Crippen molar-refractivity contribution in [3.05, 3.63) is 85.1 Å². The van der Waals surface area contributed by atoms with Crippen LogP contribution in [0.2, 0.25) is 0 Å². The Morgan fingerprint density at radius 1 is 0.259 bits per heavy atom. The molecule has 0 aliphatic heterocycles. The molecule has 0 aliphatic carbocycles. The van der Waals surface area contributed by atoms with Crippen molar-refractivity contribution in [2.45, 2.75) is 361 Å². The van der Waals surface area contributed by atoms with E-state index in [1.165, 1.54) is 205 Å². The first-order valence-corrected chi connectivity index (χ1v) is 35.1. The molecule has 0 saturated carbocycles. The van der Waals surface area contributed by atoms with Crippen molar-refractivity contribution in [2.24, 2.45) is 0 Å². The molecule has 0 rings (SSSR count). The van der Waals surface area contributed by atoms with Crippen LogP contribution in [0.25, 0.3) is 0 Å². The number of carbonyl (C=O) groups is 3. The van der Waals surface area contributed by atoms with Crippen LogP contribution in [0, 0.1) is 0 Å². The van der Waals surface area contributed by atoms with Gasteiger partial charge in [0.25, 0.3) is 0 Å². The van der Waals surface area contributed by atoms with Crippen LogP contribution >= 0.6 is 0 Å². The maximum absolute atomic E-state index is 12.9. The minimum absolute atomic E-state index is 0.0764. The largest absolute Gasteiger partial charge is 0.462 e. The van der Waals surface area contributed by atoms with Crippen LogP contribution in [0.1, 0.15) is 355 Å². The van der Waals surface area contributed by atoms with Gasteiger partial charge in [0.05, 0.1) is 0 Å². The van der Waals surface area contributed by atoms with E-state index in [-0.39, 0.29) is 31.1 Å². The third-order valence-electron chi connectivity index (χ3n) is 15.4. The molecule has 0 heterocycles. The Labute approximate surface area is 503 Å². The molecule has 0 aromatic heterocycles. The summed E-state index contributed by atoms with van der Waals surface area (Å²) in [5, 5.41) is 0. The van der Waals surface area contributed by atoms with Crippen LogP contribution in [0.15, 0.2) is 85.1 Å². The number of rotatable bonds is 64. The Kier molecular flexibility index (Phi) is 66.2. The van der Waals surface area contributed by atoms with Gasteiger partial charge in [-0.25, -0.2) is 0 Å². The summed E-state index contributed by atoms with van der Waals surface area (Å²) in [5.74, 6) is -0.870. The summed E-state index contributed by atoms with van der Waals surface area (Å²) < 4.78 is 17.0. The first kappa shape index (κ1) is 77.6. The van der Waals surface area contributed by atoms with Gasteiger partial charge in [0.1, 0.15) is 13.2 Å². The van der Waals surface area contributed by atoms with Gasteiger partial charge in [-0.2, -0.15) is 0 Å². The zero-order valence-corrected chi connectivity index (χ0v) is 53.8. The predicted octanol–water partition coefficient (Wildman–Crippen LogP) is 24.2. The van der Waals surface area contributed by atoms with Gasteiger partial charge < -0.3 is 14.2 Å². The van der Waals surface area contributed by atoms with E-state index in [4.69, 9.17) is 14.2 Å². The highest BCUT2D eigenvalue weighted by atomic mass is 16.6. The summed E-state index contributed by atoms with van der Waals surface area (Å²) in [5.41, 5.74) is 0. The van der Waals surface area contributed by atoms with Crippen LogP contribution < -0.4 is 0 Å². The number of hydrogen-bond donors (Lipinski definition) is 0. The fraction of sp³-hybridized carbons (Fsp3) is 0.773. The monoisotopic (exact) mass is 1130 g/mol. The lowest BCUT2D eigenvalue weighted by molar-refractivity contribution is -0.167. The van der Waals surface area contributed by atoms with Gasteiger partial charge in [-0.05, 0) is 96.3 Å². The molecule has 0 aliphatic rings. The molecule has 0 N–H and O–H groups in total. The van der Waals surface area contributed by atoms with Crippen molar-refractivity contribution >= 4 is 17.9 Å². The van der Waals surface area contributed by atoms with Gasteiger partial charge in [-0.15, -0.1) is 0 Å². The normalized spacial score (nSPS) is 12.6. The molecule has 6 nitrogen and oxygen atoms in total. The van der Waals surface area contributed by atoms with Crippen LogP contribution in [-0.2, 0) is 28.6 Å². The second-order valence-electron chi connectivity index (χ2n) is 23.4. The zero-order valence-electron chi connectivity index (χ0n) is 53.8. The minimum atomic E-state index is -0.781. The van der Waals surface area contributed by atoms with Crippen molar-refractivity contribution in [2.75, 3.05) is 13.2 Å². The number of carbonyl (C=O) groups excluding carboxylic acids is 3. The summed E-state index contributed by atoms with van der Waals surface area (Å²) in [6, 6.07) is 0. The predicted molar refractivity (Wildman–Crippen MR) is 353 cm³/mol.